The molecule has 2 aromatic carbocycles. The number of alkyl halides is 2. The number of amides is 1. The first kappa shape index (κ1) is 30.5. The van der Waals surface area contributed by atoms with Gasteiger partial charge in [0.25, 0.3) is 5.91 Å². The average molecular weight is 608 g/mol. The molecule has 1 amide bonds. The molecule has 0 aliphatic carbocycles. The molecular weight excluding hydrogens is 576 g/mol. The second kappa shape index (κ2) is 12.3. The molecule has 13 heteroatoms. The van der Waals surface area contributed by atoms with Crippen molar-refractivity contribution in [1.82, 2.24) is 24.4 Å². The van der Waals surface area contributed by atoms with Crippen molar-refractivity contribution in [3.05, 3.63) is 72.1 Å². The minimum absolute atomic E-state index is 0.0783. The van der Waals surface area contributed by atoms with Crippen LogP contribution in [0.15, 0.2) is 54.9 Å². The largest absolute Gasteiger partial charge is 0.481 e. The van der Waals surface area contributed by atoms with Gasteiger partial charge in [-0.2, -0.15) is 8.78 Å². The zero-order chi connectivity index (χ0) is 31.6. The Kier molecular flexibility index (Phi) is 8.56. The van der Waals surface area contributed by atoms with Gasteiger partial charge < -0.3 is 24.0 Å². The fourth-order valence-corrected chi connectivity index (χ4v) is 5.34. The van der Waals surface area contributed by atoms with Crippen LogP contribution in [0.1, 0.15) is 68.1 Å². The van der Waals surface area contributed by atoms with Crippen LogP contribution in [-0.4, -0.2) is 60.5 Å². The lowest BCUT2D eigenvalue weighted by Gasteiger charge is -2.27. The number of carbonyl (C=O) groups excluding carboxylic acids is 2. The van der Waals surface area contributed by atoms with Crippen LogP contribution in [0.3, 0.4) is 0 Å². The molecule has 1 aliphatic rings. The van der Waals surface area contributed by atoms with Crippen LogP contribution in [0.4, 0.5) is 8.78 Å². The van der Waals surface area contributed by atoms with Crippen molar-refractivity contribution in [2.24, 2.45) is 0 Å². The van der Waals surface area contributed by atoms with E-state index in [1.807, 2.05) is 25.1 Å². The lowest BCUT2D eigenvalue weighted by Crippen LogP contribution is -2.34. The van der Waals surface area contributed by atoms with Crippen LogP contribution in [0, 0.1) is 0 Å². The molecule has 44 heavy (non-hydrogen) atoms. The topological polar surface area (TPSA) is 137 Å². The number of carbonyl (C=O) groups is 3. The number of fused-ring (bicyclic) bond motifs is 3. The van der Waals surface area contributed by atoms with E-state index in [9.17, 15) is 23.2 Å². The summed E-state index contributed by atoms with van der Waals surface area (Å²) >= 11 is 0. The third kappa shape index (κ3) is 6.36. The van der Waals surface area contributed by atoms with Crippen molar-refractivity contribution >= 4 is 28.9 Å². The van der Waals surface area contributed by atoms with Crippen LogP contribution >= 0.6 is 0 Å². The highest BCUT2D eigenvalue weighted by Crippen LogP contribution is 2.36. The molecule has 0 spiro atoms. The van der Waals surface area contributed by atoms with Gasteiger partial charge in [-0.05, 0) is 63.1 Å². The smallest absolute Gasteiger partial charge is 0.387 e. The van der Waals surface area contributed by atoms with Gasteiger partial charge in [-0.25, -0.2) is 15.0 Å². The van der Waals surface area contributed by atoms with E-state index in [2.05, 4.69) is 19.3 Å². The Labute approximate surface area is 251 Å². The number of halogens is 2. The zero-order valence-electron chi connectivity index (χ0n) is 24.4. The molecule has 4 aromatic rings. The molecule has 3 heterocycles. The van der Waals surface area contributed by atoms with Crippen molar-refractivity contribution < 1.29 is 37.7 Å². The Hall–Kier alpha value is -4.94. The van der Waals surface area contributed by atoms with Gasteiger partial charge in [0.2, 0.25) is 0 Å². The van der Waals surface area contributed by atoms with Gasteiger partial charge in [-0.1, -0.05) is 12.1 Å². The number of aliphatic carboxylic acids is 1. The minimum Gasteiger partial charge on any atom is -0.481 e. The van der Waals surface area contributed by atoms with E-state index in [1.54, 1.807) is 37.2 Å². The number of hydrogen-bond donors (Lipinski definition) is 1. The summed E-state index contributed by atoms with van der Waals surface area (Å²) in [6, 6.07) is 11.2. The summed E-state index contributed by atoms with van der Waals surface area (Å²) in [7, 11) is 0. The Morgan fingerprint density at radius 3 is 2.52 bits per heavy atom. The van der Waals surface area contributed by atoms with Crippen LogP contribution in [0.25, 0.3) is 22.2 Å². The summed E-state index contributed by atoms with van der Waals surface area (Å²) < 4.78 is 37.4. The highest BCUT2D eigenvalue weighted by atomic mass is 19.3. The summed E-state index contributed by atoms with van der Waals surface area (Å²) in [5, 5.41) is 8.79. The first-order valence-corrected chi connectivity index (χ1v) is 14.1. The van der Waals surface area contributed by atoms with Crippen LogP contribution in [-0.2, 0) is 26.5 Å². The number of aromatic nitrogens is 4. The Bertz CT molecular complexity index is 1710. The third-order valence-electron chi connectivity index (χ3n) is 7.42. The van der Waals surface area contributed by atoms with Gasteiger partial charge in [-0.15, -0.1) is 0 Å². The fraction of sp³-hybridized carbons (Fsp3) is 0.355. The van der Waals surface area contributed by atoms with Crippen molar-refractivity contribution in [3.63, 3.8) is 0 Å². The highest BCUT2D eigenvalue weighted by molar-refractivity contribution is 5.95. The molecule has 1 aliphatic heterocycles. The Balaban J connectivity index is 1.36. The summed E-state index contributed by atoms with van der Waals surface area (Å²) in [6.07, 6.45) is 3.33. The summed E-state index contributed by atoms with van der Waals surface area (Å²) in [4.78, 5) is 51.6. The number of hydrogen-bond acceptors (Lipinski definition) is 8. The molecule has 0 bridgehead atoms. The maximum absolute atomic E-state index is 13.5. The van der Waals surface area contributed by atoms with Crippen molar-refractivity contribution in [1.29, 1.82) is 0 Å². The van der Waals surface area contributed by atoms with Crippen LogP contribution in [0.5, 0.6) is 5.75 Å². The standard InChI is InChI=1S/C31H31F2N5O6/c1-4-37(28(42)19-6-5-7-21(14-19)43-30(32)33)23-12-13-38-24-15-18(8-9-22(24)36-27(23)38)20-16-34-29(35-17-20)31(2,3)44-26(41)11-10-25(39)40/h5-9,14-17,23,30H,4,10-13H2,1-3H3,(H,39,40)/t23-/m1/s1. The number of ether oxygens (including phenoxy) is 2. The van der Waals surface area contributed by atoms with Gasteiger partial charge in [0, 0.05) is 36.6 Å². The van der Waals surface area contributed by atoms with Crippen LogP contribution < -0.4 is 4.74 Å². The van der Waals surface area contributed by atoms with E-state index in [0.717, 1.165) is 28.0 Å². The zero-order valence-corrected chi connectivity index (χ0v) is 24.4. The molecule has 0 saturated carbocycles. The molecule has 11 nitrogen and oxygen atoms in total. The summed E-state index contributed by atoms with van der Waals surface area (Å²) in [6.45, 7) is 3.18. The monoisotopic (exact) mass is 607 g/mol. The maximum Gasteiger partial charge on any atom is 0.387 e. The predicted molar refractivity (Wildman–Crippen MR) is 154 cm³/mol. The van der Waals surface area contributed by atoms with Gasteiger partial charge in [-0.3, -0.25) is 14.4 Å². The van der Waals surface area contributed by atoms with E-state index in [1.165, 1.54) is 18.2 Å². The molecule has 0 saturated heterocycles. The number of esters is 1. The molecule has 0 radical (unpaired) electrons. The lowest BCUT2D eigenvalue weighted by atomic mass is 10.1. The Morgan fingerprint density at radius 1 is 1.09 bits per heavy atom. The van der Waals surface area contributed by atoms with Crippen molar-refractivity contribution in [2.75, 3.05) is 6.54 Å². The molecule has 1 atom stereocenters. The first-order valence-electron chi connectivity index (χ1n) is 14.1. The molecule has 1 N–H and O–H groups in total. The predicted octanol–water partition coefficient (Wildman–Crippen LogP) is 5.34. The van der Waals surface area contributed by atoms with E-state index in [4.69, 9.17) is 14.8 Å². The number of benzene rings is 2. The van der Waals surface area contributed by atoms with Gasteiger partial charge >= 0.3 is 18.6 Å². The molecule has 2 aromatic heterocycles. The van der Waals surface area contributed by atoms with E-state index in [-0.39, 0.29) is 41.9 Å². The van der Waals surface area contributed by atoms with Crippen molar-refractivity contribution in [3.8, 4) is 16.9 Å². The van der Waals surface area contributed by atoms with Crippen LogP contribution in [0.2, 0.25) is 0 Å². The minimum atomic E-state index is -2.99. The third-order valence-corrected chi connectivity index (χ3v) is 7.42. The second-order valence-corrected chi connectivity index (χ2v) is 10.8. The normalized spacial score (nSPS) is 14.5. The van der Waals surface area contributed by atoms with Gasteiger partial charge in [0.05, 0.1) is 29.9 Å². The average Bonchev–Trinajstić information content (AvgIpc) is 3.55. The maximum atomic E-state index is 13.5. The van der Waals surface area contributed by atoms with Crippen molar-refractivity contribution in [2.45, 2.75) is 64.8 Å². The fourth-order valence-electron chi connectivity index (χ4n) is 5.34. The molecule has 0 unspecified atom stereocenters. The number of imidazole rings is 1. The quantitative estimate of drug-likeness (QED) is 0.224. The van der Waals surface area contributed by atoms with E-state index >= 15 is 0 Å². The molecule has 5 rings (SSSR count). The summed E-state index contributed by atoms with van der Waals surface area (Å²) in [5.74, 6) is -1.10. The van der Waals surface area contributed by atoms with E-state index < -0.39 is 24.2 Å². The van der Waals surface area contributed by atoms with Gasteiger partial charge in [0.15, 0.2) is 11.4 Å². The Morgan fingerprint density at radius 2 is 1.84 bits per heavy atom. The number of nitrogens with zero attached hydrogens (tertiary/aromatic N) is 5. The van der Waals surface area contributed by atoms with E-state index in [0.29, 0.717) is 19.5 Å². The summed E-state index contributed by atoms with van der Waals surface area (Å²) in [5.41, 5.74) is 2.31. The lowest BCUT2D eigenvalue weighted by molar-refractivity contribution is -0.160. The molecular formula is C31H31F2N5O6. The molecule has 0 fully saturated rings. The molecule has 230 valence electrons. The first-order chi connectivity index (χ1) is 21.0. The number of carboxylic acid groups (broad SMARTS) is 1. The highest BCUT2D eigenvalue weighted by Gasteiger charge is 2.34. The SMILES string of the molecule is CCN(C(=O)c1cccc(OC(F)F)c1)[C@@H]1CCn2c1nc1ccc(-c3cnc(C(C)(C)OC(=O)CCC(=O)O)nc3)cc12. The number of carboxylic acids is 1. The van der Waals surface area contributed by atoms with Gasteiger partial charge in [0.1, 0.15) is 11.6 Å². The second-order valence-electron chi connectivity index (χ2n) is 10.8. The number of rotatable bonds is 11. The number of aryl methyl sites for hydroxylation is 1.